The number of Topliss-reactive ketones (excluding diaryl/α,β-unsaturated/α-hetero) is 1. The number of rotatable bonds is 12. The van der Waals surface area contributed by atoms with Crippen LogP contribution in [-0.4, -0.2) is 84.2 Å². The Morgan fingerprint density at radius 3 is 2.57 bits per heavy atom. The van der Waals surface area contributed by atoms with Crippen molar-refractivity contribution >= 4 is 35.3 Å². The molecule has 3 heterocycles. The molecule has 3 aliphatic heterocycles. The summed E-state index contributed by atoms with van der Waals surface area (Å²) in [6.07, 6.45) is 4.83. The second-order valence-corrected chi connectivity index (χ2v) is 13.4. The number of amides is 4. The van der Waals surface area contributed by atoms with E-state index in [2.05, 4.69) is 28.0 Å². The molecule has 5 rings (SSSR count). The minimum absolute atomic E-state index is 0.0232. The van der Waals surface area contributed by atoms with Crippen molar-refractivity contribution in [3.63, 3.8) is 0 Å². The van der Waals surface area contributed by atoms with Crippen LogP contribution in [-0.2, 0) is 28.8 Å². The van der Waals surface area contributed by atoms with Crippen LogP contribution in [0.25, 0.3) is 5.70 Å². The van der Waals surface area contributed by atoms with E-state index >= 15 is 0 Å². The third-order valence-electron chi connectivity index (χ3n) is 8.45. The number of hydrogen-bond donors (Lipinski definition) is 4. The number of carbonyl (C=O) groups is 5. The van der Waals surface area contributed by atoms with E-state index in [0.29, 0.717) is 23.6 Å². The fourth-order valence-corrected chi connectivity index (χ4v) is 5.81. The zero-order valence-corrected chi connectivity index (χ0v) is 27.2. The number of ether oxygens (including phenoxy) is 3. The molecule has 4 amide bonds. The summed E-state index contributed by atoms with van der Waals surface area (Å²) in [7, 11) is 0. The summed E-state index contributed by atoms with van der Waals surface area (Å²) in [5.74, 6) is -1.43. The van der Waals surface area contributed by atoms with Gasteiger partial charge in [-0.3, -0.25) is 29.5 Å². The maximum atomic E-state index is 14.3. The van der Waals surface area contributed by atoms with Crippen LogP contribution in [0.2, 0.25) is 0 Å². The average Bonchev–Trinajstić information content (AvgIpc) is 3.40. The Kier molecular flexibility index (Phi) is 9.80. The van der Waals surface area contributed by atoms with Crippen LogP contribution in [0.4, 0.5) is 4.79 Å². The molecule has 1 aromatic carbocycles. The number of nitrogens with zero attached hydrogens (tertiary/aromatic N) is 1. The molecule has 1 saturated carbocycles. The Hall–Kier alpha value is -4.59. The first-order valence-electron chi connectivity index (χ1n) is 15.9. The van der Waals surface area contributed by atoms with Crippen LogP contribution >= 0.6 is 0 Å². The SMILES string of the molecule is C=CCOC(=O)N[C@H](C(=O)N1C[C@]2(C=C(c3ccc4c(c3)OCO4)NO2)C[C@H]1C(=O)N[C@@H](CCC)C(=O)C(=O)NC1CC1)C(C)(C)C. The lowest BCUT2D eigenvalue weighted by Crippen LogP contribution is -2.59. The second kappa shape index (κ2) is 13.6. The molecule has 1 aromatic rings. The van der Waals surface area contributed by atoms with Crippen molar-refractivity contribution in [1.82, 2.24) is 26.3 Å². The van der Waals surface area contributed by atoms with Crippen molar-refractivity contribution in [2.24, 2.45) is 5.41 Å². The first-order chi connectivity index (χ1) is 22.3. The monoisotopic (exact) mass is 653 g/mol. The first-order valence-corrected chi connectivity index (χ1v) is 15.9. The third kappa shape index (κ3) is 7.70. The fraction of sp³-hybridized carbons (Fsp3) is 0.545. The minimum Gasteiger partial charge on any atom is -0.454 e. The molecular formula is C33H43N5O9. The molecule has 0 bridgehead atoms. The van der Waals surface area contributed by atoms with Gasteiger partial charge in [0.1, 0.15) is 24.3 Å². The molecule has 14 heteroatoms. The quantitative estimate of drug-likeness (QED) is 0.193. The van der Waals surface area contributed by atoms with Crippen LogP contribution in [0.1, 0.15) is 65.4 Å². The van der Waals surface area contributed by atoms with Gasteiger partial charge in [-0.15, -0.1) is 0 Å². The van der Waals surface area contributed by atoms with Crippen molar-refractivity contribution in [2.45, 2.75) is 89.6 Å². The number of nitrogens with one attached hydrogen (secondary N) is 4. The molecular weight excluding hydrogens is 610 g/mol. The summed E-state index contributed by atoms with van der Waals surface area (Å²) in [4.78, 5) is 74.1. The van der Waals surface area contributed by atoms with Crippen molar-refractivity contribution in [3.05, 3.63) is 42.5 Å². The van der Waals surface area contributed by atoms with Gasteiger partial charge in [-0.25, -0.2) is 4.79 Å². The molecule has 0 aromatic heterocycles. The van der Waals surface area contributed by atoms with E-state index < -0.39 is 58.7 Å². The largest absolute Gasteiger partial charge is 0.454 e. The maximum Gasteiger partial charge on any atom is 0.408 e. The lowest BCUT2D eigenvalue weighted by atomic mass is 9.85. The van der Waals surface area contributed by atoms with Crippen molar-refractivity contribution < 1.29 is 43.0 Å². The number of likely N-dealkylation sites (tertiary alicyclic amines) is 1. The summed E-state index contributed by atoms with van der Waals surface area (Å²) in [6.45, 7) is 10.7. The van der Waals surface area contributed by atoms with Gasteiger partial charge in [0, 0.05) is 18.0 Å². The van der Waals surface area contributed by atoms with E-state index in [4.69, 9.17) is 19.0 Å². The third-order valence-corrected chi connectivity index (χ3v) is 8.45. The topological polar surface area (TPSA) is 174 Å². The molecule has 1 spiro atoms. The fourth-order valence-electron chi connectivity index (χ4n) is 5.81. The Morgan fingerprint density at radius 2 is 1.89 bits per heavy atom. The first kappa shape index (κ1) is 33.8. The zero-order chi connectivity index (χ0) is 33.9. The smallest absolute Gasteiger partial charge is 0.408 e. The van der Waals surface area contributed by atoms with Crippen LogP contribution < -0.4 is 30.9 Å². The molecule has 4 aliphatic rings. The molecule has 14 nitrogen and oxygen atoms in total. The van der Waals surface area contributed by atoms with Gasteiger partial charge in [-0.1, -0.05) is 46.8 Å². The molecule has 4 atom stereocenters. The summed E-state index contributed by atoms with van der Waals surface area (Å²) >= 11 is 0. The summed E-state index contributed by atoms with van der Waals surface area (Å²) in [5, 5.41) is 8.08. The van der Waals surface area contributed by atoms with Crippen molar-refractivity contribution in [3.8, 4) is 11.5 Å². The number of carbonyl (C=O) groups excluding carboxylic acids is 5. The van der Waals surface area contributed by atoms with Gasteiger partial charge in [0.05, 0.1) is 18.3 Å². The number of alkyl carbamates (subject to hydrolysis) is 1. The number of ketones is 1. The van der Waals surface area contributed by atoms with Crippen LogP contribution in [0.15, 0.2) is 36.9 Å². The highest BCUT2D eigenvalue weighted by atomic mass is 16.7. The molecule has 254 valence electrons. The maximum absolute atomic E-state index is 14.3. The number of hydroxylamine groups is 1. The highest BCUT2D eigenvalue weighted by Gasteiger charge is 2.54. The molecule has 0 radical (unpaired) electrons. The molecule has 1 saturated heterocycles. The zero-order valence-electron chi connectivity index (χ0n) is 27.2. The Balaban J connectivity index is 1.43. The lowest BCUT2D eigenvalue weighted by Gasteiger charge is -2.35. The second-order valence-electron chi connectivity index (χ2n) is 13.4. The van der Waals surface area contributed by atoms with Gasteiger partial charge >= 0.3 is 6.09 Å². The number of hydrogen-bond acceptors (Lipinski definition) is 10. The normalized spacial score (nSPS) is 22.5. The molecule has 2 fully saturated rings. The summed E-state index contributed by atoms with van der Waals surface area (Å²) in [6, 6.07) is 2.12. The molecule has 0 unspecified atom stereocenters. The van der Waals surface area contributed by atoms with E-state index in [0.717, 1.165) is 18.4 Å². The molecule has 1 aliphatic carbocycles. The predicted octanol–water partition coefficient (Wildman–Crippen LogP) is 2.09. The van der Waals surface area contributed by atoms with Gasteiger partial charge in [-0.05, 0) is 49.0 Å². The van der Waals surface area contributed by atoms with E-state index in [-0.39, 0.29) is 38.8 Å². The van der Waals surface area contributed by atoms with Crippen molar-refractivity contribution in [1.29, 1.82) is 0 Å². The predicted molar refractivity (Wildman–Crippen MR) is 169 cm³/mol. The molecule has 4 N–H and O–H groups in total. The van der Waals surface area contributed by atoms with Gasteiger partial charge in [0.2, 0.25) is 24.4 Å². The minimum atomic E-state index is -1.14. The van der Waals surface area contributed by atoms with Crippen LogP contribution in [0.5, 0.6) is 11.5 Å². The standard InChI is InChI=1S/C33H43N5O9/c1-6-8-21(26(39)29(41)34-20-10-11-20)35-28(40)23-16-33(15-22(37-47-33)19-9-12-24-25(14-19)46-18-45-24)17-38(23)30(42)27(32(3,4)5)36-31(43)44-13-7-2/h7,9,12,14-15,20-21,23,27,37H,2,6,8,10-11,13,16-18H2,1,3-5H3,(H,34,41)(H,35,40)(H,36,43)/t21-,23-,27+,33-/m0/s1. The van der Waals surface area contributed by atoms with Gasteiger partial charge < -0.3 is 35.1 Å². The lowest BCUT2D eigenvalue weighted by molar-refractivity contribution is -0.144. The van der Waals surface area contributed by atoms with Crippen LogP contribution in [0, 0.1) is 5.41 Å². The molecule has 47 heavy (non-hydrogen) atoms. The Morgan fingerprint density at radius 1 is 1.15 bits per heavy atom. The van der Waals surface area contributed by atoms with Gasteiger partial charge in [0.25, 0.3) is 5.91 Å². The van der Waals surface area contributed by atoms with Crippen molar-refractivity contribution in [2.75, 3.05) is 19.9 Å². The van der Waals surface area contributed by atoms with Gasteiger partial charge in [0.15, 0.2) is 11.5 Å². The van der Waals surface area contributed by atoms with Crippen LogP contribution in [0.3, 0.4) is 0 Å². The Bertz CT molecular complexity index is 1470. The number of fused-ring (bicyclic) bond motifs is 1. The summed E-state index contributed by atoms with van der Waals surface area (Å²) in [5.41, 5.74) is 2.36. The highest BCUT2D eigenvalue weighted by molar-refractivity contribution is 6.38. The average molecular weight is 654 g/mol. The van der Waals surface area contributed by atoms with E-state index in [1.807, 2.05) is 19.1 Å². The Labute approximate surface area is 273 Å². The van der Waals surface area contributed by atoms with E-state index in [1.54, 1.807) is 32.9 Å². The van der Waals surface area contributed by atoms with E-state index in [1.165, 1.54) is 11.0 Å². The van der Waals surface area contributed by atoms with Gasteiger partial charge in [-0.2, -0.15) is 0 Å². The summed E-state index contributed by atoms with van der Waals surface area (Å²) < 4.78 is 16.0. The van der Waals surface area contributed by atoms with E-state index in [9.17, 15) is 24.0 Å². The highest BCUT2D eigenvalue weighted by Crippen LogP contribution is 2.41. The number of benzene rings is 1.